The zero-order valence-corrected chi connectivity index (χ0v) is 7.63. The Kier molecular flexibility index (Phi) is 2.49. The van der Waals surface area contributed by atoms with Gasteiger partial charge in [-0.3, -0.25) is 4.79 Å². The van der Waals surface area contributed by atoms with Gasteiger partial charge in [-0.2, -0.15) is 0 Å². The van der Waals surface area contributed by atoms with Gasteiger partial charge in [0.15, 0.2) is 0 Å². The third kappa shape index (κ3) is 1.82. The molecule has 2 fully saturated rings. The van der Waals surface area contributed by atoms with Gasteiger partial charge in [-0.1, -0.05) is 0 Å². The van der Waals surface area contributed by atoms with E-state index in [1.807, 2.05) is 4.90 Å². The fourth-order valence-corrected chi connectivity index (χ4v) is 2.04. The molecule has 0 aromatic heterocycles. The second kappa shape index (κ2) is 3.62. The molecule has 0 unspecified atom stereocenters. The van der Waals surface area contributed by atoms with Crippen molar-refractivity contribution in [2.75, 3.05) is 19.6 Å². The molecule has 0 aromatic carbocycles. The maximum absolute atomic E-state index is 12.8. The Morgan fingerprint density at radius 3 is 2.62 bits per heavy atom. The predicted octanol–water partition coefficient (Wildman–Crippen LogP) is 0.309. The highest BCUT2D eigenvalue weighted by molar-refractivity contribution is 5.82. The van der Waals surface area contributed by atoms with Crippen LogP contribution in [0.2, 0.25) is 0 Å². The molecular formula is C9H15FN2O. The molecule has 0 saturated carbocycles. The van der Waals surface area contributed by atoms with Gasteiger partial charge in [-0.05, 0) is 12.8 Å². The second-order valence-corrected chi connectivity index (χ2v) is 3.83. The summed E-state index contributed by atoms with van der Waals surface area (Å²) in [5.41, 5.74) is 0. The molecular weight excluding hydrogens is 171 g/mol. The van der Waals surface area contributed by atoms with Crippen molar-refractivity contribution in [3.63, 3.8) is 0 Å². The number of amides is 1. The van der Waals surface area contributed by atoms with Gasteiger partial charge >= 0.3 is 0 Å². The number of carbonyl (C=O) groups excluding carboxylic acids is 1. The molecule has 0 radical (unpaired) electrons. The van der Waals surface area contributed by atoms with Crippen molar-refractivity contribution in [3.05, 3.63) is 0 Å². The minimum Gasteiger partial charge on any atom is -0.341 e. The maximum Gasteiger partial charge on any atom is 0.239 e. The molecule has 2 atom stereocenters. The van der Waals surface area contributed by atoms with E-state index in [0.717, 1.165) is 25.9 Å². The normalized spacial score (nSPS) is 34.1. The van der Waals surface area contributed by atoms with E-state index in [0.29, 0.717) is 13.0 Å². The quantitative estimate of drug-likeness (QED) is 0.639. The molecule has 2 heterocycles. The van der Waals surface area contributed by atoms with Crippen LogP contribution in [0, 0.1) is 0 Å². The first-order chi connectivity index (χ1) is 6.27. The van der Waals surface area contributed by atoms with E-state index in [1.54, 1.807) is 0 Å². The summed E-state index contributed by atoms with van der Waals surface area (Å²) in [6.45, 7) is 2.05. The summed E-state index contributed by atoms with van der Waals surface area (Å²) in [7, 11) is 0. The van der Waals surface area contributed by atoms with Crippen molar-refractivity contribution in [2.45, 2.75) is 31.5 Å². The Bertz CT molecular complexity index is 204. The Labute approximate surface area is 77.3 Å². The highest BCUT2D eigenvalue weighted by atomic mass is 19.1. The number of hydrogen-bond acceptors (Lipinski definition) is 2. The summed E-state index contributed by atoms with van der Waals surface area (Å²) >= 11 is 0. The zero-order valence-electron chi connectivity index (χ0n) is 7.63. The molecule has 74 valence electrons. The third-order valence-corrected chi connectivity index (χ3v) is 2.79. The molecule has 2 aliphatic heterocycles. The average Bonchev–Trinajstić information content (AvgIpc) is 2.72. The van der Waals surface area contributed by atoms with Crippen molar-refractivity contribution in [2.24, 2.45) is 0 Å². The highest BCUT2D eigenvalue weighted by Gasteiger charge is 2.32. The van der Waals surface area contributed by atoms with Gasteiger partial charge in [0.25, 0.3) is 0 Å². The number of carbonyl (C=O) groups is 1. The summed E-state index contributed by atoms with van der Waals surface area (Å²) in [4.78, 5) is 13.5. The first-order valence-electron chi connectivity index (χ1n) is 4.93. The van der Waals surface area contributed by atoms with Crippen molar-refractivity contribution in [1.29, 1.82) is 0 Å². The molecule has 0 aliphatic carbocycles. The highest BCUT2D eigenvalue weighted by Crippen LogP contribution is 2.15. The summed E-state index contributed by atoms with van der Waals surface area (Å²) in [5.74, 6) is 0.0950. The Morgan fingerprint density at radius 2 is 2.08 bits per heavy atom. The van der Waals surface area contributed by atoms with Crippen LogP contribution in [0.5, 0.6) is 0 Å². The molecule has 2 rings (SSSR count). The molecule has 2 saturated heterocycles. The van der Waals surface area contributed by atoms with Crippen LogP contribution >= 0.6 is 0 Å². The lowest BCUT2D eigenvalue weighted by Gasteiger charge is -2.19. The maximum atomic E-state index is 12.8. The van der Waals surface area contributed by atoms with Crippen molar-refractivity contribution >= 4 is 5.91 Å². The van der Waals surface area contributed by atoms with E-state index < -0.39 is 6.17 Å². The average molecular weight is 186 g/mol. The largest absolute Gasteiger partial charge is 0.341 e. The van der Waals surface area contributed by atoms with E-state index in [2.05, 4.69) is 5.32 Å². The first-order valence-corrected chi connectivity index (χ1v) is 4.93. The number of rotatable bonds is 1. The van der Waals surface area contributed by atoms with Crippen molar-refractivity contribution < 1.29 is 9.18 Å². The minimum absolute atomic E-state index is 0.0950. The van der Waals surface area contributed by atoms with Crippen LogP contribution < -0.4 is 5.32 Å². The van der Waals surface area contributed by atoms with Crippen LogP contribution in [-0.2, 0) is 4.79 Å². The zero-order chi connectivity index (χ0) is 9.26. The fraction of sp³-hybridized carbons (Fsp3) is 0.889. The molecule has 0 bridgehead atoms. The molecule has 1 N–H and O–H groups in total. The van der Waals surface area contributed by atoms with E-state index in [-0.39, 0.29) is 11.9 Å². The van der Waals surface area contributed by atoms with Gasteiger partial charge < -0.3 is 10.2 Å². The molecule has 0 spiro atoms. The van der Waals surface area contributed by atoms with Gasteiger partial charge in [0, 0.05) is 26.1 Å². The lowest BCUT2D eigenvalue weighted by Crippen LogP contribution is -2.42. The second-order valence-electron chi connectivity index (χ2n) is 3.83. The van der Waals surface area contributed by atoms with Gasteiger partial charge in [-0.25, -0.2) is 4.39 Å². The Hall–Kier alpha value is -0.640. The number of likely N-dealkylation sites (tertiary alicyclic amines) is 1. The number of alkyl halides is 1. The molecule has 3 nitrogen and oxygen atoms in total. The van der Waals surface area contributed by atoms with Crippen LogP contribution in [0.15, 0.2) is 0 Å². The molecule has 1 amide bonds. The van der Waals surface area contributed by atoms with Crippen LogP contribution in [-0.4, -0.2) is 42.7 Å². The van der Waals surface area contributed by atoms with Gasteiger partial charge in [-0.15, -0.1) is 0 Å². The van der Waals surface area contributed by atoms with E-state index in [4.69, 9.17) is 0 Å². The molecule has 4 heteroatoms. The lowest BCUT2D eigenvalue weighted by molar-refractivity contribution is -0.132. The number of nitrogens with zero attached hydrogens (tertiary/aromatic N) is 1. The summed E-state index contributed by atoms with van der Waals surface area (Å²) in [6.07, 6.45) is 1.71. The lowest BCUT2D eigenvalue weighted by atomic mass is 10.2. The molecule has 13 heavy (non-hydrogen) atoms. The number of hydrogen-bond donors (Lipinski definition) is 1. The number of halogens is 1. The summed E-state index contributed by atoms with van der Waals surface area (Å²) in [5, 5.41) is 2.92. The van der Waals surface area contributed by atoms with E-state index in [9.17, 15) is 9.18 Å². The standard InChI is InChI=1S/C9H15FN2O/c10-7-5-8(11-6-7)9(13)12-3-1-2-4-12/h7-8,11H,1-6H2/t7-,8+/m1/s1. The first kappa shape index (κ1) is 8.94. The SMILES string of the molecule is O=C([C@@H]1C[C@@H](F)CN1)N1CCCC1. The third-order valence-electron chi connectivity index (χ3n) is 2.79. The number of nitrogens with one attached hydrogen (secondary N) is 1. The van der Waals surface area contributed by atoms with Crippen molar-refractivity contribution in [3.8, 4) is 0 Å². The van der Waals surface area contributed by atoms with Crippen LogP contribution in [0.25, 0.3) is 0 Å². The monoisotopic (exact) mass is 186 g/mol. The topological polar surface area (TPSA) is 32.3 Å². The minimum atomic E-state index is -0.837. The van der Waals surface area contributed by atoms with Gasteiger partial charge in [0.2, 0.25) is 5.91 Å². The molecule has 0 aromatic rings. The summed E-state index contributed by atoms with van der Waals surface area (Å²) < 4.78 is 12.8. The Balaban J connectivity index is 1.89. The molecule has 2 aliphatic rings. The fourth-order valence-electron chi connectivity index (χ4n) is 2.04. The van der Waals surface area contributed by atoms with Gasteiger partial charge in [0.05, 0.1) is 6.04 Å². The van der Waals surface area contributed by atoms with Crippen LogP contribution in [0.1, 0.15) is 19.3 Å². The van der Waals surface area contributed by atoms with E-state index in [1.165, 1.54) is 0 Å². The van der Waals surface area contributed by atoms with Crippen LogP contribution in [0.4, 0.5) is 4.39 Å². The van der Waals surface area contributed by atoms with Gasteiger partial charge in [0.1, 0.15) is 6.17 Å². The van der Waals surface area contributed by atoms with E-state index >= 15 is 0 Å². The Morgan fingerprint density at radius 1 is 1.38 bits per heavy atom. The smallest absolute Gasteiger partial charge is 0.239 e. The predicted molar refractivity (Wildman–Crippen MR) is 47.1 cm³/mol. The van der Waals surface area contributed by atoms with Crippen LogP contribution in [0.3, 0.4) is 0 Å². The van der Waals surface area contributed by atoms with Crippen molar-refractivity contribution in [1.82, 2.24) is 10.2 Å². The summed E-state index contributed by atoms with van der Waals surface area (Å²) in [6, 6.07) is -0.256.